The zero-order valence-corrected chi connectivity index (χ0v) is 38.3. The van der Waals surface area contributed by atoms with E-state index in [1.807, 2.05) is 13.8 Å². The molecule has 56 heavy (non-hydrogen) atoms. The fourth-order valence-electron chi connectivity index (χ4n) is 6.96. The molecule has 0 aromatic rings. The minimum atomic E-state index is -0.316. The highest BCUT2D eigenvalue weighted by Gasteiger charge is 2.10. The van der Waals surface area contributed by atoms with Gasteiger partial charge in [-0.2, -0.15) is 0 Å². The minimum absolute atomic E-state index is 0.0264. The molecule has 8 nitrogen and oxygen atoms in total. The molecular formula is C48H96N2O6. The number of hydrogen-bond acceptors (Lipinski definition) is 7. The van der Waals surface area contributed by atoms with Crippen LogP contribution in [0.3, 0.4) is 0 Å². The van der Waals surface area contributed by atoms with E-state index in [4.69, 9.17) is 14.2 Å². The van der Waals surface area contributed by atoms with Crippen LogP contribution in [0.25, 0.3) is 0 Å². The van der Waals surface area contributed by atoms with Gasteiger partial charge in [-0.15, -0.1) is 0 Å². The Balaban J connectivity index is 0. The molecule has 334 valence electrons. The van der Waals surface area contributed by atoms with E-state index in [1.165, 1.54) is 154 Å². The molecule has 0 bridgehead atoms. The second-order valence-electron chi connectivity index (χ2n) is 16.5. The zero-order chi connectivity index (χ0) is 41.6. The molecule has 0 aliphatic carbocycles. The fourth-order valence-corrected chi connectivity index (χ4v) is 6.96. The van der Waals surface area contributed by atoms with Gasteiger partial charge in [0.15, 0.2) is 0 Å². The Morgan fingerprint density at radius 3 is 1.41 bits per heavy atom. The molecule has 1 N–H and O–H groups in total. The smallest absolute Gasteiger partial charge is 0.407 e. The molecule has 0 saturated carbocycles. The number of rotatable bonds is 42. The van der Waals surface area contributed by atoms with E-state index in [0.717, 1.165) is 64.6 Å². The Hall–Kier alpha value is -1.83. The summed E-state index contributed by atoms with van der Waals surface area (Å²) >= 11 is 0. The molecule has 0 fully saturated rings. The lowest BCUT2D eigenvalue weighted by Gasteiger charge is -2.22. The maximum absolute atomic E-state index is 11.9. The molecule has 0 aliphatic heterocycles. The van der Waals surface area contributed by atoms with Gasteiger partial charge in [0.25, 0.3) is 6.47 Å². The van der Waals surface area contributed by atoms with Crippen LogP contribution in [0.4, 0.5) is 4.79 Å². The van der Waals surface area contributed by atoms with Gasteiger partial charge in [-0.1, -0.05) is 169 Å². The van der Waals surface area contributed by atoms with E-state index >= 15 is 0 Å². The van der Waals surface area contributed by atoms with E-state index in [1.54, 1.807) is 0 Å². The monoisotopic (exact) mass is 797 g/mol. The molecule has 0 spiro atoms. The van der Waals surface area contributed by atoms with Crippen molar-refractivity contribution in [2.24, 2.45) is 0 Å². The van der Waals surface area contributed by atoms with E-state index in [-0.39, 0.29) is 24.3 Å². The Bertz CT molecular complexity index is 795. The minimum Gasteiger partial charge on any atom is -0.466 e. The maximum atomic E-state index is 11.9. The Morgan fingerprint density at radius 1 is 0.536 bits per heavy atom. The van der Waals surface area contributed by atoms with E-state index in [2.05, 4.69) is 37.9 Å². The first kappa shape index (κ1) is 56.3. The summed E-state index contributed by atoms with van der Waals surface area (Å²) in [5.74, 6) is -0.0264. The normalized spacial score (nSPS) is 11.2. The van der Waals surface area contributed by atoms with E-state index in [9.17, 15) is 14.4 Å². The highest BCUT2D eigenvalue weighted by molar-refractivity contribution is 5.69. The van der Waals surface area contributed by atoms with Gasteiger partial charge in [0, 0.05) is 13.0 Å². The first-order chi connectivity index (χ1) is 27.3. The van der Waals surface area contributed by atoms with Crippen LogP contribution in [-0.4, -0.2) is 68.4 Å². The molecule has 0 radical (unpaired) electrons. The zero-order valence-electron chi connectivity index (χ0n) is 38.3. The van der Waals surface area contributed by atoms with Crippen LogP contribution in [0.2, 0.25) is 0 Å². The molecule has 0 aromatic heterocycles. The summed E-state index contributed by atoms with van der Waals surface area (Å²) in [5, 5.41) is 2.86. The third-order valence-corrected chi connectivity index (χ3v) is 10.5. The van der Waals surface area contributed by atoms with Crippen molar-refractivity contribution >= 4 is 18.5 Å². The van der Waals surface area contributed by atoms with Crippen molar-refractivity contribution in [3.8, 4) is 0 Å². The topological polar surface area (TPSA) is 94.2 Å². The van der Waals surface area contributed by atoms with Crippen molar-refractivity contribution in [2.75, 3.05) is 32.8 Å². The third-order valence-electron chi connectivity index (χ3n) is 10.5. The molecule has 0 atom stereocenters. The quantitative estimate of drug-likeness (QED) is 0.0284. The molecule has 0 saturated heterocycles. The number of amides is 1. The van der Waals surface area contributed by atoms with Gasteiger partial charge in [-0.25, -0.2) is 4.79 Å². The van der Waals surface area contributed by atoms with Crippen molar-refractivity contribution in [2.45, 2.75) is 259 Å². The van der Waals surface area contributed by atoms with E-state index in [0.29, 0.717) is 26.0 Å². The Morgan fingerprint density at radius 2 is 0.946 bits per heavy atom. The molecule has 0 unspecified atom stereocenters. The van der Waals surface area contributed by atoms with Crippen LogP contribution in [0.5, 0.6) is 0 Å². The number of ether oxygens (including phenoxy) is 3. The van der Waals surface area contributed by atoms with Crippen LogP contribution >= 0.6 is 0 Å². The van der Waals surface area contributed by atoms with Crippen molar-refractivity contribution in [1.29, 1.82) is 0 Å². The molecule has 1 amide bonds. The summed E-state index contributed by atoms with van der Waals surface area (Å²) < 4.78 is 15.7. The second kappa shape index (κ2) is 47.5. The lowest BCUT2D eigenvalue weighted by molar-refractivity contribution is -0.144. The summed E-state index contributed by atoms with van der Waals surface area (Å²) in [6.45, 7) is 17.9. The van der Waals surface area contributed by atoms with E-state index < -0.39 is 0 Å². The van der Waals surface area contributed by atoms with Gasteiger partial charge in [0.1, 0.15) is 6.10 Å². The summed E-state index contributed by atoms with van der Waals surface area (Å²) in [6.07, 6.45) is 38.5. The molecular weight excluding hydrogens is 701 g/mol. The number of hydrogen-bond donors (Lipinski definition) is 1. The highest BCUT2D eigenvalue weighted by atomic mass is 16.6. The van der Waals surface area contributed by atoms with Gasteiger partial charge >= 0.3 is 12.1 Å². The summed E-state index contributed by atoms with van der Waals surface area (Å²) in [5.41, 5.74) is 0. The number of carbonyl (C=O) groups excluding carboxylic acids is 3. The molecule has 0 aromatic carbocycles. The first-order valence-electron chi connectivity index (χ1n) is 24.3. The fraction of sp³-hybridized carbons (Fsp3) is 0.938. The SMILES string of the molecule is CCCCCCCCC(CCCCCCCC)OC=O.CCCCCCCCN(CCCCCCCC(=O)OCCCCCCC)CCCNC(=O)OC(C)C. The number of unbranched alkanes of at least 4 members (excludes halogenated alkanes) is 23. The molecule has 0 rings (SSSR count). The molecule has 8 heteroatoms. The number of carbonyl (C=O) groups is 3. The number of nitrogens with zero attached hydrogens (tertiary/aromatic N) is 1. The predicted molar refractivity (Wildman–Crippen MR) is 238 cm³/mol. The van der Waals surface area contributed by atoms with Gasteiger partial charge in [-0.05, 0) is 91.3 Å². The Kier molecular flexibility index (Phi) is 47.8. The standard InChI is InChI=1S/C30H60N2O4.C18H36O2/c1-5-7-9-11-14-18-24-32(26-21-23-31-30(34)36-28(3)4)25-19-15-12-13-17-22-29(33)35-27-20-16-10-8-6-2;1-3-5-7-9-11-13-15-18(20-17-19)16-14-12-10-8-6-4-2/h28H,5-27H2,1-4H3,(H,31,34);17-18H,3-16H2,1-2H3. The molecule has 0 aliphatic rings. The van der Waals surface area contributed by atoms with Gasteiger partial charge < -0.3 is 24.4 Å². The van der Waals surface area contributed by atoms with Crippen LogP contribution in [0.1, 0.15) is 247 Å². The maximum Gasteiger partial charge on any atom is 0.407 e. The van der Waals surface area contributed by atoms with Crippen molar-refractivity contribution < 1.29 is 28.6 Å². The summed E-state index contributed by atoms with van der Waals surface area (Å²) in [7, 11) is 0. The third kappa shape index (κ3) is 46.6. The van der Waals surface area contributed by atoms with Gasteiger partial charge in [0.2, 0.25) is 0 Å². The first-order valence-corrected chi connectivity index (χ1v) is 24.3. The van der Waals surface area contributed by atoms with Gasteiger partial charge in [-0.3, -0.25) is 9.59 Å². The number of nitrogens with one attached hydrogen (secondary N) is 1. The van der Waals surface area contributed by atoms with Crippen molar-refractivity contribution in [3.05, 3.63) is 0 Å². The largest absolute Gasteiger partial charge is 0.466 e. The predicted octanol–water partition coefficient (Wildman–Crippen LogP) is 14.1. The van der Waals surface area contributed by atoms with Crippen LogP contribution in [-0.2, 0) is 23.8 Å². The summed E-state index contributed by atoms with van der Waals surface area (Å²) in [4.78, 5) is 36.6. The van der Waals surface area contributed by atoms with Crippen molar-refractivity contribution in [1.82, 2.24) is 10.2 Å². The van der Waals surface area contributed by atoms with Gasteiger partial charge in [0.05, 0.1) is 12.7 Å². The summed E-state index contributed by atoms with van der Waals surface area (Å²) in [6, 6.07) is 0. The molecule has 0 heterocycles. The number of alkyl carbamates (subject to hydrolysis) is 1. The lowest BCUT2D eigenvalue weighted by Crippen LogP contribution is -2.32. The van der Waals surface area contributed by atoms with Crippen LogP contribution in [0.15, 0.2) is 0 Å². The van der Waals surface area contributed by atoms with Crippen LogP contribution in [0, 0.1) is 0 Å². The second-order valence-corrected chi connectivity index (χ2v) is 16.5. The average molecular weight is 797 g/mol. The average Bonchev–Trinajstić information content (AvgIpc) is 3.18. The van der Waals surface area contributed by atoms with Crippen molar-refractivity contribution in [3.63, 3.8) is 0 Å². The lowest BCUT2D eigenvalue weighted by atomic mass is 10.0. The Labute approximate surface area is 348 Å². The number of esters is 1. The highest BCUT2D eigenvalue weighted by Crippen LogP contribution is 2.16. The van der Waals surface area contributed by atoms with Crippen LogP contribution < -0.4 is 5.32 Å².